The van der Waals surface area contributed by atoms with Crippen LogP contribution in [0, 0.1) is 6.92 Å². The summed E-state index contributed by atoms with van der Waals surface area (Å²) in [7, 11) is 0. The molecule has 4 aromatic carbocycles. The van der Waals surface area contributed by atoms with Crippen LogP contribution in [-0.4, -0.2) is 30.9 Å². The number of benzene rings is 4. The van der Waals surface area contributed by atoms with E-state index in [1.165, 1.54) is 10.7 Å². The van der Waals surface area contributed by atoms with Crippen molar-refractivity contribution in [1.82, 2.24) is 19.7 Å². The summed E-state index contributed by atoms with van der Waals surface area (Å²) in [6, 6.07) is 28.3. The Labute approximate surface area is 245 Å². The average molecular weight is 578 g/mol. The smallest absolute Gasteiger partial charge is 0.324 e. The lowest BCUT2D eigenvalue weighted by atomic mass is 10.1. The summed E-state index contributed by atoms with van der Waals surface area (Å²) in [6.07, 6.45) is 1.60. The molecule has 0 aliphatic carbocycles. The van der Waals surface area contributed by atoms with Crippen LogP contribution in [-0.2, 0) is 0 Å². The van der Waals surface area contributed by atoms with Gasteiger partial charge in [-0.25, -0.2) is 14.5 Å². The molecule has 6 aromatic rings. The molecule has 0 spiro atoms. The summed E-state index contributed by atoms with van der Waals surface area (Å²) in [4.78, 5) is 21.8. The van der Waals surface area contributed by atoms with Gasteiger partial charge in [-0.2, -0.15) is 4.98 Å². The van der Waals surface area contributed by atoms with E-state index in [9.17, 15) is 9.90 Å². The van der Waals surface area contributed by atoms with Gasteiger partial charge in [0.2, 0.25) is 17.7 Å². The molecule has 0 aliphatic heterocycles. The van der Waals surface area contributed by atoms with Crippen molar-refractivity contribution in [1.29, 1.82) is 0 Å². The van der Waals surface area contributed by atoms with Crippen LogP contribution < -0.4 is 20.7 Å². The Morgan fingerprint density at radius 2 is 1.67 bits per heavy atom. The largest absolute Gasteiger partial charge is 0.492 e. The number of nitrogens with zero attached hydrogens (tertiary/aromatic N) is 4. The Bertz CT molecular complexity index is 1890. The van der Waals surface area contributed by atoms with Gasteiger partial charge in [-0.15, -0.1) is 5.10 Å². The number of carbonyl (C=O) groups excluding carboxylic acids is 1. The van der Waals surface area contributed by atoms with Gasteiger partial charge in [0.25, 0.3) is 0 Å². The van der Waals surface area contributed by atoms with E-state index in [0.717, 1.165) is 22.0 Å². The number of amides is 2. The lowest BCUT2D eigenvalue weighted by Crippen LogP contribution is -2.21. The Balaban J connectivity index is 1.21. The predicted octanol–water partition coefficient (Wildman–Crippen LogP) is 7.66. The fourth-order valence-electron chi connectivity index (χ4n) is 4.31. The Morgan fingerprint density at radius 3 is 2.45 bits per heavy atom. The highest BCUT2D eigenvalue weighted by atomic mass is 35.5. The topological polar surface area (TPSA) is 126 Å². The molecule has 4 N–H and O–H groups in total. The molecule has 11 heteroatoms. The maximum Gasteiger partial charge on any atom is 0.324 e. The van der Waals surface area contributed by atoms with E-state index < -0.39 is 6.03 Å². The van der Waals surface area contributed by atoms with Gasteiger partial charge < -0.3 is 20.5 Å². The van der Waals surface area contributed by atoms with Crippen molar-refractivity contribution in [2.45, 2.75) is 6.92 Å². The van der Waals surface area contributed by atoms with Gasteiger partial charge >= 0.3 is 6.03 Å². The van der Waals surface area contributed by atoms with Gasteiger partial charge in [-0.3, -0.25) is 5.32 Å². The van der Waals surface area contributed by atoms with Crippen molar-refractivity contribution in [3.63, 3.8) is 0 Å². The SMILES string of the molecule is Cc1ccc(-n2nc(O)cc2NC(=O)Nc2ccc(Oc3ccnc(Nc4ccc(Cl)cc4)n3)c3ccccc23)cc1. The molecule has 0 bridgehead atoms. The van der Waals surface area contributed by atoms with Crippen molar-refractivity contribution < 1.29 is 14.6 Å². The first-order valence-electron chi connectivity index (χ1n) is 12.9. The van der Waals surface area contributed by atoms with Gasteiger partial charge in [0, 0.05) is 39.8 Å². The molecule has 2 heterocycles. The number of nitrogens with one attached hydrogen (secondary N) is 3. The maximum atomic E-state index is 13.0. The third-order valence-electron chi connectivity index (χ3n) is 6.29. The molecule has 2 amide bonds. The number of ether oxygens (including phenoxy) is 1. The fourth-order valence-corrected chi connectivity index (χ4v) is 4.44. The van der Waals surface area contributed by atoms with Crippen LogP contribution >= 0.6 is 11.6 Å². The van der Waals surface area contributed by atoms with E-state index in [2.05, 4.69) is 31.0 Å². The van der Waals surface area contributed by atoms with Crippen LogP contribution in [0.25, 0.3) is 16.5 Å². The molecule has 0 atom stereocenters. The van der Waals surface area contributed by atoms with Crippen LogP contribution in [0.3, 0.4) is 0 Å². The van der Waals surface area contributed by atoms with Crippen LogP contribution in [0.4, 0.5) is 27.9 Å². The normalized spacial score (nSPS) is 10.8. The van der Waals surface area contributed by atoms with Crippen molar-refractivity contribution in [2.75, 3.05) is 16.0 Å². The molecular weight excluding hydrogens is 554 g/mol. The second-order valence-corrected chi connectivity index (χ2v) is 9.76. The zero-order valence-electron chi connectivity index (χ0n) is 22.2. The number of carbonyl (C=O) groups is 1. The number of aromatic nitrogens is 4. The number of fused-ring (bicyclic) bond motifs is 1. The van der Waals surface area contributed by atoms with E-state index >= 15 is 0 Å². The van der Waals surface area contributed by atoms with Crippen molar-refractivity contribution in [3.8, 4) is 23.2 Å². The molecule has 42 heavy (non-hydrogen) atoms. The number of aromatic hydroxyl groups is 1. The van der Waals surface area contributed by atoms with Crippen molar-refractivity contribution in [2.24, 2.45) is 0 Å². The van der Waals surface area contributed by atoms with Gasteiger partial charge in [0.15, 0.2) is 0 Å². The maximum absolute atomic E-state index is 13.0. The highest BCUT2D eigenvalue weighted by Crippen LogP contribution is 2.34. The third kappa shape index (κ3) is 5.93. The molecule has 0 saturated carbocycles. The van der Waals surface area contributed by atoms with Crippen LogP contribution in [0.2, 0.25) is 5.02 Å². The lowest BCUT2D eigenvalue weighted by Gasteiger charge is -2.14. The summed E-state index contributed by atoms with van der Waals surface area (Å²) in [6.45, 7) is 1.97. The fraction of sp³-hybridized carbons (Fsp3) is 0.0323. The summed E-state index contributed by atoms with van der Waals surface area (Å²) < 4.78 is 7.60. The Hall–Kier alpha value is -5.61. The molecule has 10 nitrogen and oxygen atoms in total. The Morgan fingerprint density at radius 1 is 0.905 bits per heavy atom. The first-order chi connectivity index (χ1) is 20.4. The molecule has 0 aliphatic rings. The number of halogens is 1. The molecular formula is C31H24ClN7O3. The van der Waals surface area contributed by atoms with E-state index in [1.54, 1.807) is 36.5 Å². The summed E-state index contributed by atoms with van der Waals surface area (Å²) in [5.74, 6) is 1.35. The molecule has 0 saturated heterocycles. The van der Waals surface area contributed by atoms with Crippen molar-refractivity contribution >= 4 is 51.5 Å². The van der Waals surface area contributed by atoms with Crippen LogP contribution in [0.5, 0.6) is 17.5 Å². The monoisotopic (exact) mass is 577 g/mol. The van der Waals surface area contributed by atoms with Gasteiger partial charge in [-0.1, -0.05) is 53.6 Å². The minimum Gasteiger partial charge on any atom is -0.492 e. The zero-order chi connectivity index (χ0) is 29.1. The number of rotatable bonds is 7. The van der Waals surface area contributed by atoms with Crippen molar-refractivity contribution in [3.05, 3.63) is 114 Å². The third-order valence-corrected chi connectivity index (χ3v) is 6.55. The first kappa shape index (κ1) is 26.6. The van der Waals surface area contributed by atoms with E-state index in [1.807, 2.05) is 67.6 Å². The van der Waals surface area contributed by atoms with Crippen LogP contribution in [0.15, 0.2) is 103 Å². The standard InChI is InChI=1S/C31H24ClN7O3/c1-19-6-12-22(13-7-19)39-27(18-28(40)38-39)36-31(41)35-25-14-15-26(24-5-3-2-4-23(24)25)42-29-16-17-33-30(37-29)34-21-10-8-20(32)9-11-21/h2-18H,1H3,(H,38,40)(H,33,34,37)(H2,35,36,41). The van der Waals surface area contributed by atoms with Gasteiger partial charge in [-0.05, 0) is 55.5 Å². The highest BCUT2D eigenvalue weighted by Gasteiger charge is 2.15. The molecule has 6 rings (SSSR count). The summed E-state index contributed by atoms with van der Waals surface area (Å²) in [5.41, 5.74) is 3.12. The number of aryl methyl sites for hydroxylation is 1. The molecule has 0 fully saturated rings. The number of anilines is 4. The minimum absolute atomic E-state index is 0.214. The highest BCUT2D eigenvalue weighted by molar-refractivity contribution is 6.30. The second-order valence-electron chi connectivity index (χ2n) is 9.32. The molecule has 0 unspecified atom stereocenters. The number of hydrogen-bond acceptors (Lipinski definition) is 7. The molecule has 2 aromatic heterocycles. The van der Waals surface area contributed by atoms with E-state index in [4.69, 9.17) is 16.3 Å². The predicted molar refractivity (Wildman–Crippen MR) is 163 cm³/mol. The van der Waals surface area contributed by atoms with E-state index in [-0.39, 0.29) is 5.88 Å². The lowest BCUT2D eigenvalue weighted by molar-refractivity contribution is 0.262. The van der Waals surface area contributed by atoms with E-state index in [0.29, 0.717) is 39.8 Å². The minimum atomic E-state index is -0.504. The average Bonchev–Trinajstić information content (AvgIpc) is 3.35. The van der Waals surface area contributed by atoms with Crippen LogP contribution in [0.1, 0.15) is 5.56 Å². The van der Waals surface area contributed by atoms with Gasteiger partial charge in [0.1, 0.15) is 11.6 Å². The zero-order valence-corrected chi connectivity index (χ0v) is 23.0. The Kier molecular flexibility index (Phi) is 7.27. The second kappa shape index (κ2) is 11.5. The quantitative estimate of drug-likeness (QED) is 0.153. The summed E-state index contributed by atoms with van der Waals surface area (Å²) >= 11 is 5.97. The summed E-state index contributed by atoms with van der Waals surface area (Å²) in [5, 5.41) is 25.1. The first-order valence-corrected chi connectivity index (χ1v) is 13.3. The number of hydrogen-bond donors (Lipinski definition) is 4. The van der Waals surface area contributed by atoms with Gasteiger partial charge in [0.05, 0.1) is 11.4 Å². The number of urea groups is 1. The molecule has 208 valence electrons. The molecule has 0 radical (unpaired) electrons.